The molecule has 1 amide bonds. The lowest BCUT2D eigenvalue weighted by molar-refractivity contribution is 0.0476. The number of hydrogen-bond acceptors (Lipinski definition) is 8. The molecule has 0 heterocycles. The monoisotopic (exact) mass is 389 g/mol. The molecule has 1 unspecified atom stereocenters. The Balaban J connectivity index is 4.76. The van der Waals surface area contributed by atoms with Gasteiger partial charge < -0.3 is 10.1 Å². The van der Waals surface area contributed by atoms with Crippen molar-refractivity contribution in [1.29, 1.82) is 0 Å². The fourth-order valence-corrected chi connectivity index (χ4v) is 2.53. The van der Waals surface area contributed by atoms with Crippen LogP contribution in [0.5, 0.6) is 0 Å². The molecule has 24 heavy (non-hydrogen) atoms. The minimum absolute atomic E-state index is 0.0930. The third-order valence-electron chi connectivity index (χ3n) is 2.46. The van der Waals surface area contributed by atoms with Crippen LogP contribution in [0.2, 0.25) is 0 Å². The first-order chi connectivity index (χ1) is 10.6. The molecule has 0 aliphatic rings. The van der Waals surface area contributed by atoms with Crippen LogP contribution in [0.3, 0.4) is 0 Å². The summed E-state index contributed by atoms with van der Waals surface area (Å²) in [7, 11) is -7.26. The zero-order valence-electron chi connectivity index (χ0n) is 14.9. The smallest absolute Gasteiger partial charge is 0.407 e. The zero-order valence-corrected chi connectivity index (χ0v) is 16.5. The Morgan fingerprint density at radius 1 is 1.00 bits per heavy atom. The molecule has 0 radical (unpaired) electrons. The van der Waals surface area contributed by atoms with Gasteiger partial charge in [0, 0.05) is 0 Å². The lowest BCUT2D eigenvalue weighted by atomic mass is 10.0. The molecule has 0 aliphatic carbocycles. The average molecular weight is 389 g/mol. The van der Waals surface area contributed by atoms with E-state index in [9.17, 15) is 21.6 Å². The Labute approximate surface area is 144 Å². The SMILES string of the molecule is C[C@@H](COS(C)(=O)=O)CC(COS(C)(=O)=O)NC(=O)OC(C)(C)C. The first kappa shape index (κ1) is 23.1. The number of hydrogen-bond donors (Lipinski definition) is 1. The third-order valence-corrected chi connectivity index (χ3v) is 3.59. The maximum absolute atomic E-state index is 11.8. The van der Waals surface area contributed by atoms with Gasteiger partial charge in [0.05, 0.1) is 31.8 Å². The van der Waals surface area contributed by atoms with E-state index in [-0.39, 0.29) is 25.6 Å². The van der Waals surface area contributed by atoms with Crippen molar-refractivity contribution >= 4 is 26.3 Å². The number of nitrogens with one attached hydrogen (secondary N) is 1. The van der Waals surface area contributed by atoms with Gasteiger partial charge in [-0.2, -0.15) is 16.8 Å². The summed E-state index contributed by atoms with van der Waals surface area (Å²) in [5, 5.41) is 2.52. The number of alkyl carbamates (subject to hydrolysis) is 1. The van der Waals surface area contributed by atoms with Crippen molar-refractivity contribution in [3.8, 4) is 0 Å². The number of carbonyl (C=O) groups is 1. The highest BCUT2D eigenvalue weighted by Crippen LogP contribution is 2.12. The van der Waals surface area contributed by atoms with E-state index in [0.717, 1.165) is 12.5 Å². The molecule has 144 valence electrons. The molecule has 9 nitrogen and oxygen atoms in total. The van der Waals surface area contributed by atoms with E-state index in [1.807, 2.05) is 0 Å². The lowest BCUT2D eigenvalue weighted by Crippen LogP contribution is -2.43. The summed E-state index contributed by atoms with van der Waals surface area (Å²) >= 11 is 0. The van der Waals surface area contributed by atoms with E-state index < -0.39 is 38.0 Å². The van der Waals surface area contributed by atoms with Crippen LogP contribution < -0.4 is 5.32 Å². The van der Waals surface area contributed by atoms with Crippen molar-refractivity contribution in [1.82, 2.24) is 5.32 Å². The minimum atomic E-state index is -3.68. The van der Waals surface area contributed by atoms with E-state index in [2.05, 4.69) is 5.32 Å². The molecule has 0 bridgehead atoms. The Morgan fingerprint density at radius 2 is 1.46 bits per heavy atom. The fraction of sp³-hybridized carbons (Fsp3) is 0.923. The summed E-state index contributed by atoms with van der Waals surface area (Å²) in [6.07, 6.45) is 1.35. The molecule has 0 saturated carbocycles. The van der Waals surface area contributed by atoms with Gasteiger partial charge in [-0.25, -0.2) is 4.79 Å². The molecule has 0 rings (SSSR count). The molecular formula is C13H27NO8S2. The topological polar surface area (TPSA) is 125 Å². The number of amides is 1. The Bertz CT molecular complexity index is 606. The van der Waals surface area contributed by atoms with Crippen LogP contribution in [0, 0.1) is 5.92 Å². The van der Waals surface area contributed by atoms with Crippen molar-refractivity contribution < 1.29 is 34.7 Å². The highest BCUT2D eigenvalue weighted by Gasteiger charge is 2.23. The molecule has 0 aromatic rings. The van der Waals surface area contributed by atoms with Crippen molar-refractivity contribution in [2.75, 3.05) is 25.7 Å². The van der Waals surface area contributed by atoms with Gasteiger partial charge in [0.25, 0.3) is 20.2 Å². The van der Waals surface area contributed by atoms with Crippen molar-refractivity contribution in [2.45, 2.75) is 45.8 Å². The van der Waals surface area contributed by atoms with Crippen LogP contribution >= 0.6 is 0 Å². The van der Waals surface area contributed by atoms with E-state index in [0.29, 0.717) is 0 Å². The lowest BCUT2D eigenvalue weighted by Gasteiger charge is -2.25. The van der Waals surface area contributed by atoms with Gasteiger partial charge in [0.15, 0.2) is 0 Å². The van der Waals surface area contributed by atoms with Gasteiger partial charge >= 0.3 is 6.09 Å². The number of carbonyl (C=O) groups excluding carboxylic acids is 1. The Kier molecular flexibility index (Phi) is 8.63. The first-order valence-corrected chi connectivity index (χ1v) is 10.9. The van der Waals surface area contributed by atoms with E-state index in [1.54, 1.807) is 27.7 Å². The van der Waals surface area contributed by atoms with E-state index in [4.69, 9.17) is 13.1 Å². The van der Waals surface area contributed by atoms with Crippen LogP contribution in [-0.4, -0.2) is 60.3 Å². The van der Waals surface area contributed by atoms with Crippen LogP contribution in [0.15, 0.2) is 0 Å². The zero-order chi connectivity index (χ0) is 19.2. The maximum atomic E-state index is 11.8. The van der Waals surface area contributed by atoms with E-state index >= 15 is 0 Å². The summed E-state index contributed by atoms with van der Waals surface area (Å²) in [6, 6.07) is -0.687. The predicted octanol–water partition coefficient (Wildman–Crippen LogP) is 0.858. The largest absolute Gasteiger partial charge is 0.444 e. The highest BCUT2D eigenvalue weighted by atomic mass is 32.2. The van der Waals surface area contributed by atoms with Crippen molar-refractivity contribution in [3.63, 3.8) is 0 Å². The van der Waals surface area contributed by atoms with E-state index in [1.165, 1.54) is 0 Å². The third kappa shape index (κ3) is 14.7. The van der Waals surface area contributed by atoms with Crippen LogP contribution in [0.1, 0.15) is 34.1 Å². The fourth-order valence-electron chi connectivity index (χ4n) is 1.64. The van der Waals surface area contributed by atoms with Gasteiger partial charge in [-0.05, 0) is 33.1 Å². The van der Waals surface area contributed by atoms with Gasteiger partial charge in [-0.3, -0.25) is 8.37 Å². The molecular weight excluding hydrogens is 362 g/mol. The summed E-state index contributed by atoms with van der Waals surface area (Å²) in [5.41, 5.74) is -0.711. The van der Waals surface area contributed by atoms with Crippen molar-refractivity contribution in [3.05, 3.63) is 0 Å². The summed E-state index contributed by atoms with van der Waals surface area (Å²) < 4.78 is 58.8. The molecule has 0 saturated heterocycles. The second-order valence-electron chi connectivity index (χ2n) is 6.66. The molecule has 0 aromatic carbocycles. The Morgan fingerprint density at radius 3 is 1.88 bits per heavy atom. The Hall–Kier alpha value is -0.910. The minimum Gasteiger partial charge on any atom is -0.444 e. The number of ether oxygens (including phenoxy) is 1. The predicted molar refractivity (Wildman–Crippen MR) is 88.5 cm³/mol. The molecule has 0 fully saturated rings. The molecule has 2 atom stereocenters. The van der Waals surface area contributed by atoms with Crippen LogP contribution in [0.25, 0.3) is 0 Å². The van der Waals surface area contributed by atoms with Gasteiger partial charge in [0.2, 0.25) is 0 Å². The molecule has 1 N–H and O–H groups in total. The van der Waals surface area contributed by atoms with Gasteiger partial charge in [-0.1, -0.05) is 6.92 Å². The number of rotatable bonds is 9. The second-order valence-corrected chi connectivity index (χ2v) is 9.95. The second kappa shape index (κ2) is 8.97. The molecule has 11 heteroatoms. The maximum Gasteiger partial charge on any atom is 0.407 e. The first-order valence-electron chi connectivity index (χ1n) is 7.26. The molecule has 0 aliphatic heterocycles. The molecule has 0 aromatic heterocycles. The molecule has 0 spiro atoms. The van der Waals surface area contributed by atoms with Crippen LogP contribution in [-0.2, 0) is 33.3 Å². The van der Waals surface area contributed by atoms with Gasteiger partial charge in [0.1, 0.15) is 5.60 Å². The summed E-state index contributed by atoms with van der Waals surface area (Å²) in [4.78, 5) is 11.8. The van der Waals surface area contributed by atoms with Crippen LogP contribution in [0.4, 0.5) is 4.79 Å². The average Bonchev–Trinajstić information content (AvgIpc) is 2.29. The normalized spacial score (nSPS) is 15.6. The standard InChI is InChI=1S/C13H27NO8S2/c1-10(8-20-23(5,16)17)7-11(9-21-24(6,18)19)14-12(15)22-13(2,3)4/h10-11H,7-9H2,1-6H3,(H,14,15)/t10-,11?/m1/s1. The summed E-state index contributed by atoms with van der Waals surface area (Å²) in [5.74, 6) is -0.275. The highest BCUT2D eigenvalue weighted by molar-refractivity contribution is 7.86. The van der Waals surface area contributed by atoms with Crippen molar-refractivity contribution in [2.24, 2.45) is 5.92 Å². The quantitative estimate of drug-likeness (QED) is 0.576. The summed E-state index contributed by atoms with van der Waals surface area (Å²) in [6.45, 7) is 6.40. The van der Waals surface area contributed by atoms with Gasteiger partial charge in [-0.15, -0.1) is 0 Å².